The maximum atomic E-state index is 13.9. The molecule has 0 aliphatic heterocycles. The number of imidazole rings is 2. The predicted molar refractivity (Wildman–Crippen MR) is 247 cm³/mol. The predicted octanol–water partition coefficient (Wildman–Crippen LogP) is 9.62. The Bertz CT molecular complexity index is 2190. The van der Waals surface area contributed by atoms with Crippen LogP contribution >= 0.6 is 0 Å². The number of aryl methyl sites for hydroxylation is 1. The Morgan fingerprint density at radius 1 is 0.742 bits per heavy atom. The lowest BCUT2D eigenvalue weighted by Crippen LogP contribution is -2.52. The minimum absolute atomic E-state index is 0.118. The van der Waals surface area contributed by atoms with Gasteiger partial charge in [-0.15, -0.1) is 0 Å². The first-order chi connectivity index (χ1) is 30.0. The molecule has 0 fully saturated rings. The lowest BCUT2D eigenvalue weighted by Gasteiger charge is -2.34. The number of methoxy groups -OCH3 is 2. The second-order valence-corrected chi connectivity index (χ2v) is 15.9. The average Bonchev–Trinajstić information content (AvgIpc) is 3.94. The normalized spacial score (nSPS) is 12.0. The summed E-state index contributed by atoms with van der Waals surface area (Å²) in [5.41, 5.74) is 5.79. The summed E-state index contributed by atoms with van der Waals surface area (Å²) in [6.07, 6.45) is 11.4. The summed E-state index contributed by atoms with van der Waals surface area (Å²) in [5.74, 6) is 1.04. The number of aromatic nitrogens is 4. The van der Waals surface area contributed by atoms with Gasteiger partial charge < -0.3 is 40.3 Å². The number of unbranched alkanes of at least 4 members (excludes halogenated alkanes) is 5. The zero-order valence-electron chi connectivity index (χ0n) is 38.0. The molecule has 4 amide bonds. The Hall–Kier alpha value is -5.92. The van der Waals surface area contributed by atoms with Gasteiger partial charge in [0.15, 0.2) is 0 Å². The van der Waals surface area contributed by atoms with E-state index in [4.69, 9.17) is 9.72 Å². The number of H-pyrrole nitrogens is 2. The van der Waals surface area contributed by atoms with Crippen LogP contribution in [0.3, 0.4) is 0 Å². The lowest BCUT2D eigenvalue weighted by atomic mass is 9.99. The number of rotatable bonds is 21. The molecule has 5 N–H and O–H groups in total. The zero-order chi connectivity index (χ0) is 45.0. The topological polar surface area (TPSA) is 183 Å². The highest BCUT2D eigenvalue weighted by molar-refractivity contribution is 5.92. The Kier molecular flexibility index (Phi) is 19.7. The van der Waals surface area contributed by atoms with E-state index in [1.165, 1.54) is 46.3 Å². The Morgan fingerprint density at radius 3 is 2.05 bits per heavy atom. The molecule has 0 saturated heterocycles. The van der Waals surface area contributed by atoms with Gasteiger partial charge in [-0.3, -0.25) is 9.59 Å². The summed E-state index contributed by atoms with van der Waals surface area (Å²) in [6, 6.07) is 17.9. The summed E-state index contributed by atoms with van der Waals surface area (Å²) in [5, 5.41) is 10.1. The molecule has 5 aromatic rings. The second-order valence-electron chi connectivity index (χ2n) is 15.9. The number of nitrogens with zero attached hydrogens (tertiary/aromatic N) is 3. The van der Waals surface area contributed by atoms with Crippen molar-refractivity contribution in [3.05, 3.63) is 72.4 Å². The fraction of sp³-hybridized carbons (Fsp3) is 0.500. The molecule has 2 unspecified atom stereocenters. The first kappa shape index (κ1) is 48.7. The zero-order valence-corrected chi connectivity index (χ0v) is 38.0. The number of alkyl carbamates (subject to hydrolysis) is 2. The summed E-state index contributed by atoms with van der Waals surface area (Å²) in [4.78, 5) is 67.1. The van der Waals surface area contributed by atoms with Crippen LogP contribution in [0.4, 0.5) is 9.59 Å². The van der Waals surface area contributed by atoms with Crippen molar-refractivity contribution in [3.8, 4) is 22.4 Å². The number of hydrogen-bond donors (Lipinski definition) is 5. The van der Waals surface area contributed by atoms with Gasteiger partial charge in [0.25, 0.3) is 0 Å². The third kappa shape index (κ3) is 14.1. The maximum Gasteiger partial charge on any atom is 0.407 e. The molecular formula is C48H68N8O6. The molecule has 14 nitrogen and oxygen atoms in total. The minimum Gasteiger partial charge on any atom is -0.453 e. The van der Waals surface area contributed by atoms with E-state index in [-0.39, 0.29) is 30.3 Å². The van der Waals surface area contributed by atoms with Gasteiger partial charge in [0.2, 0.25) is 11.8 Å². The van der Waals surface area contributed by atoms with E-state index in [2.05, 4.69) is 98.0 Å². The molecule has 2 atom stereocenters. The van der Waals surface area contributed by atoms with E-state index >= 15 is 0 Å². The molecule has 0 aliphatic rings. The van der Waals surface area contributed by atoms with Gasteiger partial charge in [0.1, 0.15) is 17.7 Å². The Balaban J connectivity index is 0.00000111. The SMILES string of the molecule is CCCCCCC.CCCN(C(=O)C(NC(=O)OC)C(C)C)C(CC)c1nc2ccc(-c3ccc4cc(-c5cnc(CCCCNC(=O)CNC(=O)OC)[nH]5)ccc4c3)cc2[nH]1. The van der Waals surface area contributed by atoms with Crippen LogP contribution in [0, 0.1) is 5.92 Å². The van der Waals surface area contributed by atoms with Crippen LogP contribution < -0.4 is 16.0 Å². The molecule has 336 valence electrons. The number of aromatic amines is 2. The van der Waals surface area contributed by atoms with Crippen LogP contribution in [0.1, 0.15) is 117 Å². The van der Waals surface area contributed by atoms with Gasteiger partial charge in [0, 0.05) is 25.1 Å². The van der Waals surface area contributed by atoms with Crippen LogP contribution in [0.2, 0.25) is 0 Å². The number of carbonyl (C=O) groups is 4. The quantitative estimate of drug-likeness (QED) is 0.0452. The van der Waals surface area contributed by atoms with Crippen LogP contribution in [-0.4, -0.2) is 88.7 Å². The Labute approximate surface area is 366 Å². The highest BCUT2D eigenvalue weighted by Crippen LogP contribution is 2.31. The first-order valence-electron chi connectivity index (χ1n) is 22.3. The summed E-state index contributed by atoms with van der Waals surface area (Å²) in [7, 11) is 2.54. The van der Waals surface area contributed by atoms with Crippen LogP contribution in [0.5, 0.6) is 0 Å². The number of carbonyl (C=O) groups excluding carboxylic acids is 4. The number of nitrogens with one attached hydrogen (secondary N) is 5. The van der Waals surface area contributed by atoms with Crippen LogP contribution in [0.15, 0.2) is 60.8 Å². The van der Waals surface area contributed by atoms with E-state index in [0.29, 0.717) is 25.3 Å². The van der Waals surface area contributed by atoms with Crippen molar-refractivity contribution in [3.63, 3.8) is 0 Å². The van der Waals surface area contributed by atoms with Gasteiger partial charge in [-0.05, 0) is 77.8 Å². The smallest absolute Gasteiger partial charge is 0.407 e. The van der Waals surface area contributed by atoms with Crippen molar-refractivity contribution in [2.75, 3.05) is 33.9 Å². The van der Waals surface area contributed by atoms with E-state index in [0.717, 1.165) is 75.7 Å². The van der Waals surface area contributed by atoms with E-state index < -0.39 is 18.2 Å². The average molecular weight is 853 g/mol. The van der Waals surface area contributed by atoms with Crippen LogP contribution in [-0.2, 0) is 25.5 Å². The minimum atomic E-state index is -0.722. The molecule has 0 bridgehead atoms. The fourth-order valence-corrected chi connectivity index (χ4v) is 7.30. The molecule has 3 aromatic carbocycles. The third-order valence-electron chi connectivity index (χ3n) is 10.8. The Morgan fingerprint density at radius 2 is 1.40 bits per heavy atom. The van der Waals surface area contributed by atoms with Gasteiger partial charge in [0.05, 0.1) is 49.7 Å². The molecule has 0 aliphatic carbocycles. The van der Waals surface area contributed by atoms with Crippen molar-refractivity contribution < 1.29 is 28.7 Å². The number of ether oxygens (including phenoxy) is 2. The van der Waals surface area contributed by atoms with E-state index in [1.807, 2.05) is 44.9 Å². The van der Waals surface area contributed by atoms with Crippen LogP contribution in [0.25, 0.3) is 44.2 Å². The molecule has 2 aromatic heterocycles. The van der Waals surface area contributed by atoms with E-state index in [1.54, 1.807) is 0 Å². The largest absolute Gasteiger partial charge is 0.453 e. The molecule has 2 heterocycles. The summed E-state index contributed by atoms with van der Waals surface area (Å²) in [6.45, 7) is 13.3. The van der Waals surface area contributed by atoms with Crippen molar-refractivity contribution in [1.29, 1.82) is 0 Å². The van der Waals surface area contributed by atoms with Gasteiger partial charge in [-0.2, -0.15) is 0 Å². The number of benzene rings is 3. The standard InChI is InChI=1S/C41H52N8O6.C7H16/c1-7-19-49(39(51)37(25(3)4)48-41(53)55-6)34(8-2)38-46-31-17-16-29(22-32(31)47-38)27-12-13-28-21-30(15-14-26(28)20-27)33-23-43-35(45-33)11-9-10-18-42-36(50)24-44-40(52)54-5;1-3-5-7-6-4-2/h12-17,20-23,25,34,37H,7-11,18-19,24H2,1-6H3,(H,42,50)(H,43,45)(H,44,52)(H,46,47)(H,48,53);3-7H2,1-2H3. The first-order valence-corrected chi connectivity index (χ1v) is 22.3. The third-order valence-corrected chi connectivity index (χ3v) is 10.8. The van der Waals surface area contributed by atoms with Crippen molar-refractivity contribution in [1.82, 2.24) is 40.8 Å². The number of hydrogen-bond acceptors (Lipinski definition) is 8. The number of fused-ring (bicyclic) bond motifs is 2. The highest BCUT2D eigenvalue weighted by atomic mass is 16.5. The molecule has 14 heteroatoms. The van der Waals surface area contributed by atoms with Crippen molar-refractivity contribution >= 4 is 45.8 Å². The van der Waals surface area contributed by atoms with Gasteiger partial charge in [-0.1, -0.05) is 104 Å². The molecule has 5 rings (SSSR count). The van der Waals surface area contributed by atoms with Gasteiger partial charge in [-0.25, -0.2) is 19.6 Å². The molecule has 0 radical (unpaired) electrons. The lowest BCUT2D eigenvalue weighted by molar-refractivity contribution is -0.137. The second kappa shape index (κ2) is 25.1. The molecule has 62 heavy (non-hydrogen) atoms. The molecule has 0 saturated carbocycles. The van der Waals surface area contributed by atoms with E-state index in [9.17, 15) is 19.2 Å². The number of amides is 4. The summed E-state index contributed by atoms with van der Waals surface area (Å²) < 4.78 is 9.26. The molecular weight excluding hydrogens is 785 g/mol. The van der Waals surface area contributed by atoms with Crippen molar-refractivity contribution in [2.24, 2.45) is 5.92 Å². The monoisotopic (exact) mass is 853 g/mol. The highest BCUT2D eigenvalue weighted by Gasteiger charge is 2.34. The van der Waals surface area contributed by atoms with Gasteiger partial charge >= 0.3 is 12.2 Å². The van der Waals surface area contributed by atoms with Crippen molar-refractivity contribution in [2.45, 2.75) is 118 Å². The maximum absolute atomic E-state index is 13.9. The summed E-state index contributed by atoms with van der Waals surface area (Å²) >= 11 is 0. The molecule has 0 spiro atoms. The fourth-order valence-electron chi connectivity index (χ4n) is 7.30.